The van der Waals surface area contributed by atoms with E-state index in [1.807, 2.05) is 45.2 Å². The highest BCUT2D eigenvalue weighted by atomic mass is 32.1. The van der Waals surface area contributed by atoms with Crippen LogP contribution < -0.4 is 19.6 Å². The van der Waals surface area contributed by atoms with Gasteiger partial charge in [0.2, 0.25) is 5.75 Å². The van der Waals surface area contributed by atoms with Gasteiger partial charge in [0.1, 0.15) is 0 Å². The highest BCUT2D eigenvalue weighted by Gasteiger charge is 2.18. The molecule has 0 fully saturated rings. The fourth-order valence-electron chi connectivity index (χ4n) is 2.26. The molecule has 0 atom stereocenters. The predicted octanol–water partition coefficient (Wildman–Crippen LogP) is 4.10. The number of amides is 1. The van der Waals surface area contributed by atoms with E-state index in [0.717, 1.165) is 10.6 Å². The van der Waals surface area contributed by atoms with E-state index in [4.69, 9.17) is 14.2 Å². The molecule has 0 aliphatic heterocycles. The van der Waals surface area contributed by atoms with Crippen LogP contribution in [0.25, 0.3) is 0 Å². The third kappa shape index (κ3) is 4.98. The number of rotatable bonds is 9. The summed E-state index contributed by atoms with van der Waals surface area (Å²) in [5.41, 5.74) is 3.72. The molecule has 1 amide bonds. The van der Waals surface area contributed by atoms with Crippen molar-refractivity contribution in [3.8, 4) is 17.2 Å². The second kappa shape index (κ2) is 9.82. The van der Waals surface area contributed by atoms with E-state index in [1.165, 1.54) is 0 Å². The van der Waals surface area contributed by atoms with Crippen LogP contribution in [0, 0.1) is 0 Å². The molecule has 0 bridgehead atoms. The van der Waals surface area contributed by atoms with Crippen LogP contribution in [0.15, 0.2) is 34.7 Å². The first kappa shape index (κ1) is 19.8. The van der Waals surface area contributed by atoms with Gasteiger partial charge in [-0.1, -0.05) is 6.07 Å². The zero-order valence-electron chi connectivity index (χ0n) is 15.5. The average molecular weight is 376 g/mol. The third-order valence-corrected chi connectivity index (χ3v) is 4.35. The summed E-state index contributed by atoms with van der Waals surface area (Å²) in [6.07, 6.45) is 0. The van der Waals surface area contributed by atoms with Crippen LogP contribution in [0.3, 0.4) is 0 Å². The van der Waals surface area contributed by atoms with E-state index in [0.29, 0.717) is 42.6 Å². The van der Waals surface area contributed by atoms with Crippen molar-refractivity contribution in [2.24, 2.45) is 5.10 Å². The van der Waals surface area contributed by atoms with Gasteiger partial charge in [-0.3, -0.25) is 4.79 Å². The predicted molar refractivity (Wildman–Crippen MR) is 104 cm³/mol. The Morgan fingerprint density at radius 2 is 1.69 bits per heavy atom. The van der Waals surface area contributed by atoms with Gasteiger partial charge in [-0.15, -0.1) is 11.3 Å². The molecule has 1 aromatic heterocycles. The third-order valence-electron chi connectivity index (χ3n) is 3.37. The van der Waals surface area contributed by atoms with Crippen LogP contribution in [0.5, 0.6) is 17.2 Å². The number of nitrogens with one attached hydrogen (secondary N) is 1. The lowest BCUT2D eigenvalue weighted by atomic mass is 10.1. The molecule has 140 valence electrons. The van der Waals surface area contributed by atoms with Gasteiger partial charge >= 0.3 is 0 Å². The Bertz CT molecular complexity index is 730. The Labute approximate surface area is 157 Å². The lowest BCUT2D eigenvalue weighted by molar-refractivity contribution is 0.0953. The topological polar surface area (TPSA) is 69.2 Å². The lowest BCUT2D eigenvalue weighted by Gasteiger charge is -2.16. The Balaban J connectivity index is 2.29. The summed E-state index contributed by atoms with van der Waals surface area (Å²) in [5.74, 6) is 1.12. The largest absolute Gasteiger partial charge is 0.490 e. The first-order valence-electron chi connectivity index (χ1n) is 8.55. The van der Waals surface area contributed by atoms with Gasteiger partial charge in [0, 0.05) is 10.4 Å². The lowest BCUT2D eigenvalue weighted by Crippen LogP contribution is -2.19. The smallest absolute Gasteiger partial charge is 0.271 e. The van der Waals surface area contributed by atoms with Crippen LogP contribution in [0.2, 0.25) is 0 Å². The standard InChI is InChI=1S/C19H24N2O4S/c1-5-23-15-11-14(12-16(24-6-2)18(15)25-7-3)19(22)21-20-13(4)17-9-8-10-26-17/h8-12H,5-7H2,1-4H3,(H,21,22)/b20-13-. The highest BCUT2D eigenvalue weighted by Crippen LogP contribution is 2.39. The Hall–Kier alpha value is -2.54. The minimum absolute atomic E-state index is 0.342. The maximum Gasteiger partial charge on any atom is 0.271 e. The first-order chi connectivity index (χ1) is 12.6. The van der Waals surface area contributed by atoms with Crippen molar-refractivity contribution < 1.29 is 19.0 Å². The van der Waals surface area contributed by atoms with Crippen molar-refractivity contribution in [1.29, 1.82) is 0 Å². The summed E-state index contributed by atoms with van der Waals surface area (Å²) >= 11 is 1.57. The zero-order valence-corrected chi connectivity index (χ0v) is 16.3. The minimum Gasteiger partial charge on any atom is -0.490 e. The van der Waals surface area contributed by atoms with Gasteiger partial charge in [0.15, 0.2) is 11.5 Å². The van der Waals surface area contributed by atoms with Crippen LogP contribution >= 0.6 is 11.3 Å². The van der Waals surface area contributed by atoms with Gasteiger partial charge in [-0.25, -0.2) is 5.43 Å². The maximum absolute atomic E-state index is 12.5. The molecule has 2 aromatic rings. The van der Waals surface area contributed by atoms with Gasteiger partial charge in [0.05, 0.1) is 25.5 Å². The molecule has 0 saturated heterocycles. The number of nitrogens with zero attached hydrogens (tertiary/aromatic N) is 1. The van der Waals surface area contributed by atoms with Gasteiger partial charge in [-0.05, 0) is 51.3 Å². The van der Waals surface area contributed by atoms with Crippen LogP contribution in [0.1, 0.15) is 42.9 Å². The summed E-state index contributed by atoms with van der Waals surface area (Å²) in [6.45, 7) is 8.85. The average Bonchev–Trinajstić information content (AvgIpc) is 3.17. The fraction of sp³-hybridized carbons (Fsp3) is 0.368. The number of hydrogen-bond donors (Lipinski definition) is 1. The molecule has 2 rings (SSSR count). The molecule has 26 heavy (non-hydrogen) atoms. The van der Waals surface area contributed by atoms with Gasteiger partial charge < -0.3 is 14.2 Å². The summed E-state index contributed by atoms with van der Waals surface area (Å²) in [7, 11) is 0. The van der Waals surface area contributed by atoms with Crippen molar-refractivity contribution in [1.82, 2.24) is 5.43 Å². The Morgan fingerprint density at radius 3 is 2.19 bits per heavy atom. The number of thiophene rings is 1. The van der Waals surface area contributed by atoms with Crippen molar-refractivity contribution in [3.63, 3.8) is 0 Å². The molecule has 0 spiro atoms. The summed E-state index contributed by atoms with van der Waals surface area (Å²) in [5, 5.41) is 6.13. The van der Waals surface area contributed by atoms with Gasteiger partial charge in [-0.2, -0.15) is 5.10 Å². The SMILES string of the molecule is CCOc1cc(C(=O)N/N=C(/C)c2cccs2)cc(OCC)c1OCC. The molecule has 0 aliphatic carbocycles. The normalized spacial score (nSPS) is 11.2. The quantitative estimate of drug-likeness (QED) is 0.528. The zero-order chi connectivity index (χ0) is 18.9. The number of benzene rings is 1. The monoisotopic (exact) mass is 376 g/mol. The molecule has 0 radical (unpaired) electrons. The molecule has 7 heteroatoms. The Morgan fingerprint density at radius 1 is 1.08 bits per heavy atom. The Kier molecular flexibility index (Phi) is 7.47. The number of hydrogen-bond acceptors (Lipinski definition) is 6. The second-order valence-electron chi connectivity index (χ2n) is 5.22. The van der Waals surface area contributed by atoms with Crippen molar-refractivity contribution in [2.45, 2.75) is 27.7 Å². The maximum atomic E-state index is 12.5. The number of hydrazone groups is 1. The second-order valence-corrected chi connectivity index (χ2v) is 6.16. The summed E-state index contributed by atoms with van der Waals surface area (Å²) in [6, 6.07) is 7.17. The first-order valence-corrected chi connectivity index (χ1v) is 9.43. The highest BCUT2D eigenvalue weighted by molar-refractivity contribution is 7.12. The number of ether oxygens (including phenoxy) is 3. The van der Waals surface area contributed by atoms with Crippen molar-refractivity contribution in [2.75, 3.05) is 19.8 Å². The van der Waals surface area contributed by atoms with E-state index in [2.05, 4.69) is 10.5 Å². The molecule has 1 heterocycles. The molecular formula is C19H24N2O4S. The van der Waals surface area contributed by atoms with Gasteiger partial charge in [0.25, 0.3) is 5.91 Å². The fourth-order valence-corrected chi connectivity index (χ4v) is 2.94. The molecule has 1 N–H and O–H groups in total. The van der Waals surface area contributed by atoms with E-state index in [-0.39, 0.29) is 5.91 Å². The van der Waals surface area contributed by atoms with Crippen molar-refractivity contribution >= 4 is 23.0 Å². The van der Waals surface area contributed by atoms with Crippen LogP contribution in [-0.2, 0) is 0 Å². The molecule has 0 unspecified atom stereocenters. The van der Waals surface area contributed by atoms with E-state index in [9.17, 15) is 4.79 Å². The van der Waals surface area contributed by atoms with E-state index in [1.54, 1.807) is 23.5 Å². The van der Waals surface area contributed by atoms with E-state index < -0.39 is 0 Å². The molecular weight excluding hydrogens is 352 g/mol. The van der Waals surface area contributed by atoms with Crippen LogP contribution in [0.4, 0.5) is 0 Å². The molecule has 6 nitrogen and oxygen atoms in total. The van der Waals surface area contributed by atoms with Crippen LogP contribution in [-0.4, -0.2) is 31.4 Å². The number of carbonyl (C=O) groups is 1. The molecule has 0 saturated carbocycles. The molecule has 0 aliphatic rings. The molecule has 1 aromatic carbocycles. The summed E-state index contributed by atoms with van der Waals surface area (Å²) in [4.78, 5) is 13.5. The summed E-state index contributed by atoms with van der Waals surface area (Å²) < 4.78 is 16.9. The minimum atomic E-state index is -0.342. The van der Waals surface area contributed by atoms with E-state index >= 15 is 0 Å². The van der Waals surface area contributed by atoms with Crippen molar-refractivity contribution in [3.05, 3.63) is 40.1 Å². The number of carbonyl (C=O) groups excluding carboxylic acids is 1.